The fourth-order valence-corrected chi connectivity index (χ4v) is 4.30. The fourth-order valence-electron chi connectivity index (χ4n) is 3.54. The highest BCUT2D eigenvalue weighted by atomic mass is 32.1. The highest BCUT2D eigenvalue weighted by molar-refractivity contribution is 7.09. The van der Waals surface area contributed by atoms with Crippen molar-refractivity contribution in [3.05, 3.63) is 28.7 Å². The molecule has 0 spiro atoms. The van der Waals surface area contributed by atoms with Gasteiger partial charge in [0.25, 0.3) is 5.91 Å². The molecule has 6 nitrogen and oxygen atoms in total. The summed E-state index contributed by atoms with van der Waals surface area (Å²) < 4.78 is 19.2. The van der Waals surface area contributed by atoms with Crippen molar-refractivity contribution in [1.29, 1.82) is 0 Å². The van der Waals surface area contributed by atoms with E-state index < -0.39 is 5.82 Å². The van der Waals surface area contributed by atoms with Crippen molar-refractivity contribution in [1.82, 2.24) is 14.7 Å². The maximum Gasteiger partial charge on any atom is 0.254 e. The highest BCUT2D eigenvalue weighted by Crippen LogP contribution is 2.35. The van der Waals surface area contributed by atoms with Crippen molar-refractivity contribution in [2.45, 2.75) is 51.2 Å². The fraction of sp³-hybridized carbons (Fsp3) is 0.471. The lowest BCUT2D eigenvalue weighted by molar-refractivity contribution is 0.0966. The first-order chi connectivity index (χ1) is 12.0. The Morgan fingerprint density at radius 1 is 1.40 bits per heavy atom. The Labute approximate surface area is 149 Å². The number of nitrogens with zero attached hydrogens (tertiary/aromatic N) is 2. The van der Waals surface area contributed by atoms with Crippen LogP contribution in [0.2, 0.25) is 0 Å². The standard InChI is InChI=1S/C17H20FN5OS/c1-8-6-12(25-23-8)15-13-9(7-20-17(13)24)14(18)16(22-15)21-11-5-3-2-4-10(11)19/h6,10-11H,2-5,7,19H2,1H3,(H,20,24)(H,21,22). The smallest absolute Gasteiger partial charge is 0.254 e. The molecule has 1 amide bonds. The van der Waals surface area contributed by atoms with E-state index in [4.69, 9.17) is 5.73 Å². The van der Waals surface area contributed by atoms with Gasteiger partial charge in [-0.3, -0.25) is 4.79 Å². The van der Waals surface area contributed by atoms with Crippen LogP contribution in [0.4, 0.5) is 10.2 Å². The molecular formula is C17H20FN5OS. The number of aromatic nitrogens is 2. The molecular weight excluding hydrogens is 341 g/mol. The van der Waals surface area contributed by atoms with Gasteiger partial charge in [-0.2, -0.15) is 4.37 Å². The van der Waals surface area contributed by atoms with Gasteiger partial charge in [-0.05, 0) is 37.4 Å². The number of rotatable bonds is 3. The Hall–Kier alpha value is -2.06. The van der Waals surface area contributed by atoms with Gasteiger partial charge >= 0.3 is 0 Å². The first-order valence-electron chi connectivity index (χ1n) is 8.51. The van der Waals surface area contributed by atoms with Crippen molar-refractivity contribution in [3.63, 3.8) is 0 Å². The minimum Gasteiger partial charge on any atom is -0.363 e. The summed E-state index contributed by atoms with van der Waals surface area (Å²) >= 11 is 1.26. The van der Waals surface area contributed by atoms with Crippen LogP contribution in [0.3, 0.4) is 0 Å². The van der Waals surface area contributed by atoms with Crippen LogP contribution >= 0.6 is 11.5 Å². The number of hydrogen-bond acceptors (Lipinski definition) is 6. The Kier molecular flexibility index (Phi) is 4.16. The van der Waals surface area contributed by atoms with E-state index in [1.807, 2.05) is 13.0 Å². The summed E-state index contributed by atoms with van der Waals surface area (Å²) in [6.45, 7) is 2.06. The average Bonchev–Trinajstić information content (AvgIpc) is 3.19. The van der Waals surface area contributed by atoms with Gasteiger partial charge in [0.05, 0.1) is 21.8 Å². The van der Waals surface area contributed by atoms with Gasteiger partial charge in [0.2, 0.25) is 0 Å². The van der Waals surface area contributed by atoms with Gasteiger partial charge in [0.15, 0.2) is 11.6 Å². The van der Waals surface area contributed by atoms with Crippen LogP contribution in [-0.2, 0) is 6.54 Å². The summed E-state index contributed by atoms with van der Waals surface area (Å²) in [5.41, 5.74) is 8.20. The van der Waals surface area contributed by atoms with Crippen molar-refractivity contribution < 1.29 is 9.18 Å². The van der Waals surface area contributed by atoms with E-state index in [0.717, 1.165) is 36.3 Å². The summed E-state index contributed by atoms with van der Waals surface area (Å²) in [6.07, 6.45) is 3.98. The minimum absolute atomic E-state index is 0.00471. The normalized spacial score (nSPS) is 22.6. The first kappa shape index (κ1) is 16.4. The van der Waals surface area contributed by atoms with E-state index in [2.05, 4.69) is 20.0 Å². The van der Waals surface area contributed by atoms with E-state index in [-0.39, 0.29) is 30.4 Å². The molecule has 0 bridgehead atoms. The SMILES string of the molecule is Cc1cc(-c2nc(NC3CCCCC3N)c(F)c3c2C(=O)NC3)sn1. The minimum atomic E-state index is -0.462. The molecule has 2 unspecified atom stereocenters. The Morgan fingerprint density at radius 2 is 2.20 bits per heavy atom. The number of aryl methyl sites for hydroxylation is 1. The quantitative estimate of drug-likeness (QED) is 0.781. The first-order valence-corrected chi connectivity index (χ1v) is 9.28. The van der Waals surface area contributed by atoms with E-state index in [1.54, 1.807) is 0 Å². The zero-order valence-electron chi connectivity index (χ0n) is 13.9. The van der Waals surface area contributed by atoms with Gasteiger partial charge < -0.3 is 16.4 Å². The molecule has 3 heterocycles. The number of carbonyl (C=O) groups is 1. The maximum absolute atomic E-state index is 15.0. The van der Waals surface area contributed by atoms with Gasteiger partial charge in [-0.25, -0.2) is 9.37 Å². The van der Waals surface area contributed by atoms with Crippen molar-refractivity contribution in [2.75, 3.05) is 5.32 Å². The predicted molar refractivity (Wildman–Crippen MR) is 95.1 cm³/mol. The maximum atomic E-state index is 15.0. The van der Waals surface area contributed by atoms with Crippen LogP contribution in [0.1, 0.15) is 47.3 Å². The van der Waals surface area contributed by atoms with Gasteiger partial charge in [-0.15, -0.1) is 0 Å². The van der Waals surface area contributed by atoms with Crippen LogP contribution in [0.5, 0.6) is 0 Å². The lowest BCUT2D eigenvalue weighted by Crippen LogP contribution is -2.43. The molecule has 4 rings (SSSR count). The molecule has 132 valence electrons. The van der Waals surface area contributed by atoms with Crippen molar-refractivity contribution in [3.8, 4) is 10.6 Å². The number of hydrogen-bond donors (Lipinski definition) is 3. The van der Waals surface area contributed by atoms with Crippen LogP contribution < -0.4 is 16.4 Å². The summed E-state index contributed by atoms with van der Waals surface area (Å²) in [5, 5.41) is 5.89. The zero-order chi connectivity index (χ0) is 17.6. The molecule has 25 heavy (non-hydrogen) atoms. The second kappa shape index (κ2) is 6.34. The van der Waals surface area contributed by atoms with Crippen molar-refractivity contribution in [2.24, 2.45) is 5.73 Å². The number of pyridine rings is 1. The summed E-state index contributed by atoms with van der Waals surface area (Å²) in [5.74, 6) is -0.571. The zero-order valence-corrected chi connectivity index (χ0v) is 14.8. The highest BCUT2D eigenvalue weighted by Gasteiger charge is 2.32. The largest absolute Gasteiger partial charge is 0.363 e. The number of halogens is 1. The molecule has 4 N–H and O–H groups in total. The predicted octanol–water partition coefficient (Wildman–Crippen LogP) is 2.58. The third-order valence-corrected chi connectivity index (χ3v) is 5.78. The molecule has 1 aliphatic heterocycles. The number of amides is 1. The lowest BCUT2D eigenvalue weighted by atomic mass is 9.91. The lowest BCUT2D eigenvalue weighted by Gasteiger charge is -2.30. The molecule has 1 aliphatic carbocycles. The summed E-state index contributed by atoms with van der Waals surface area (Å²) in [7, 11) is 0. The summed E-state index contributed by atoms with van der Waals surface area (Å²) in [6, 6.07) is 1.85. The second-order valence-electron chi connectivity index (χ2n) is 6.69. The summed E-state index contributed by atoms with van der Waals surface area (Å²) in [4.78, 5) is 17.4. The van der Waals surface area contributed by atoms with E-state index in [0.29, 0.717) is 16.8 Å². The molecule has 0 aromatic carbocycles. The molecule has 0 saturated heterocycles. The Balaban J connectivity index is 1.79. The Morgan fingerprint density at radius 3 is 2.92 bits per heavy atom. The molecule has 2 atom stereocenters. The van der Waals surface area contributed by atoms with Crippen LogP contribution in [-0.4, -0.2) is 27.3 Å². The number of fused-ring (bicyclic) bond motifs is 1. The topological polar surface area (TPSA) is 92.9 Å². The van der Waals surface area contributed by atoms with Crippen molar-refractivity contribution >= 4 is 23.3 Å². The van der Waals surface area contributed by atoms with Crippen LogP contribution in [0.25, 0.3) is 10.6 Å². The van der Waals surface area contributed by atoms with Gasteiger partial charge in [0, 0.05) is 24.2 Å². The monoisotopic (exact) mass is 361 g/mol. The molecule has 0 radical (unpaired) electrons. The van der Waals surface area contributed by atoms with E-state index in [9.17, 15) is 9.18 Å². The molecule has 2 aromatic heterocycles. The molecule has 1 fully saturated rings. The third kappa shape index (κ3) is 2.89. The molecule has 8 heteroatoms. The number of carbonyl (C=O) groups excluding carboxylic acids is 1. The molecule has 2 aromatic rings. The third-order valence-electron chi connectivity index (χ3n) is 4.89. The molecule has 1 saturated carbocycles. The number of nitrogens with two attached hydrogens (primary N) is 1. The average molecular weight is 361 g/mol. The van der Waals surface area contributed by atoms with Crippen LogP contribution in [0.15, 0.2) is 6.07 Å². The Bertz CT molecular complexity index is 837. The number of anilines is 1. The van der Waals surface area contributed by atoms with E-state index in [1.165, 1.54) is 11.5 Å². The number of nitrogens with one attached hydrogen (secondary N) is 2. The molecule has 2 aliphatic rings. The van der Waals surface area contributed by atoms with Crippen LogP contribution in [0, 0.1) is 12.7 Å². The van der Waals surface area contributed by atoms with Gasteiger partial charge in [0.1, 0.15) is 0 Å². The second-order valence-corrected chi connectivity index (χ2v) is 7.50. The van der Waals surface area contributed by atoms with E-state index >= 15 is 0 Å². The van der Waals surface area contributed by atoms with Gasteiger partial charge in [-0.1, -0.05) is 12.8 Å².